The van der Waals surface area contributed by atoms with Crippen molar-refractivity contribution in [3.63, 3.8) is 0 Å². The topological polar surface area (TPSA) is 32.5 Å². The molecule has 4 nitrogen and oxygen atoms in total. The minimum Gasteiger partial charge on any atom is -0.467 e. The van der Waals surface area contributed by atoms with Gasteiger partial charge in [-0.1, -0.05) is 36.4 Å². The Bertz CT molecular complexity index is 863. The van der Waals surface area contributed by atoms with Gasteiger partial charge in [0.2, 0.25) is 0 Å². The number of anilines is 1. The predicted molar refractivity (Wildman–Crippen MR) is 95.5 cm³/mol. The van der Waals surface area contributed by atoms with Crippen LogP contribution in [0, 0.1) is 5.41 Å². The van der Waals surface area contributed by atoms with Gasteiger partial charge in [-0.3, -0.25) is 4.90 Å². The normalized spacial score (nSPS) is 44.8. The van der Waals surface area contributed by atoms with E-state index < -0.39 is 5.54 Å². The van der Waals surface area contributed by atoms with Crippen molar-refractivity contribution in [2.45, 2.75) is 35.9 Å². The van der Waals surface area contributed by atoms with Gasteiger partial charge in [0.15, 0.2) is 5.54 Å². The lowest BCUT2D eigenvalue weighted by Gasteiger charge is -2.54. The first-order chi connectivity index (χ1) is 12.2. The Labute approximate surface area is 147 Å². The van der Waals surface area contributed by atoms with Crippen LogP contribution in [0.25, 0.3) is 0 Å². The first-order valence-corrected chi connectivity index (χ1v) is 9.18. The molecule has 0 unspecified atom stereocenters. The van der Waals surface area contributed by atoms with Gasteiger partial charge in [-0.15, -0.1) is 6.58 Å². The summed E-state index contributed by atoms with van der Waals surface area (Å²) in [4.78, 5) is 18.0. The number of esters is 1. The van der Waals surface area contributed by atoms with Crippen molar-refractivity contribution >= 4 is 11.7 Å². The van der Waals surface area contributed by atoms with Crippen LogP contribution in [0.2, 0.25) is 0 Å². The van der Waals surface area contributed by atoms with Gasteiger partial charge in [-0.25, -0.2) is 4.79 Å². The van der Waals surface area contributed by atoms with E-state index in [0.717, 1.165) is 25.9 Å². The van der Waals surface area contributed by atoms with E-state index in [2.05, 4.69) is 58.9 Å². The SMILES string of the molecule is C=C[C@@]12C=CCN3CC[C@@]4(c5ccccc5N5[C@H]4[C@@]5(C(=O)OC)C1)[C@@H]32. The Morgan fingerprint density at radius 2 is 2.20 bits per heavy atom. The average Bonchev–Trinajstić information content (AvgIpc) is 3.02. The van der Waals surface area contributed by atoms with Crippen LogP contribution in [-0.4, -0.2) is 48.7 Å². The highest BCUT2D eigenvalue weighted by Gasteiger charge is 2.87. The lowest BCUT2D eigenvalue weighted by Crippen LogP contribution is -2.63. The summed E-state index contributed by atoms with van der Waals surface area (Å²) in [5, 5.41) is 0. The smallest absolute Gasteiger partial charge is 0.333 e. The lowest BCUT2D eigenvalue weighted by molar-refractivity contribution is -0.145. The van der Waals surface area contributed by atoms with Crippen molar-refractivity contribution in [1.29, 1.82) is 0 Å². The van der Waals surface area contributed by atoms with E-state index in [1.807, 2.05) is 0 Å². The summed E-state index contributed by atoms with van der Waals surface area (Å²) in [6.45, 7) is 6.30. The van der Waals surface area contributed by atoms with E-state index in [1.165, 1.54) is 18.4 Å². The minimum atomic E-state index is -0.522. The molecule has 3 fully saturated rings. The molecule has 2 saturated heterocycles. The summed E-state index contributed by atoms with van der Waals surface area (Å²) < 4.78 is 5.32. The van der Waals surface area contributed by atoms with Crippen LogP contribution in [-0.2, 0) is 14.9 Å². The number of para-hydroxylation sites is 1. The Balaban J connectivity index is 1.68. The van der Waals surface area contributed by atoms with Crippen molar-refractivity contribution in [1.82, 2.24) is 4.90 Å². The molecule has 0 N–H and O–H groups in total. The maximum absolute atomic E-state index is 13.0. The summed E-state index contributed by atoms with van der Waals surface area (Å²) in [5.41, 5.74) is 1.98. The fraction of sp³-hybridized carbons (Fsp3) is 0.476. The van der Waals surface area contributed by atoms with Gasteiger partial charge in [-0.2, -0.15) is 0 Å². The molecule has 4 heteroatoms. The molecule has 0 bridgehead atoms. The molecule has 4 aliphatic heterocycles. The number of rotatable bonds is 2. The maximum Gasteiger partial charge on any atom is 0.333 e. The zero-order chi connectivity index (χ0) is 17.0. The molecule has 1 aliphatic carbocycles. The predicted octanol–water partition coefficient (Wildman–Crippen LogP) is 2.26. The molecule has 1 saturated carbocycles. The Hall–Kier alpha value is -2.07. The molecule has 5 aliphatic rings. The van der Waals surface area contributed by atoms with Crippen LogP contribution in [0.5, 0.6) is 0 Å². The van der Waals surface area contributed by atoms with Gasteiger partial charge in [0.1, 0.15) is 0 Å². The van der Waals surface area contributed by atoms with Crippen LogP contribution >= 0.6 is 0 Å². The summed E-state index contributed by atoms with van der Waals surface area (Å²) in [5.74, 6) is -0.0801. The van der Waals surface area contributed by atoms with Crippen LogP contribution < -0.4 is 4.90 Å². The van der Waals surface area contributed by atoms with Gasteiger partial charge in [-0.05, 0) is 31.0 Å². The van der Waals surface area contributed by atoms with Gasteiger partial charge in [0.05, 0.1) is 13.2 Å². The molecular formula is C21H22N2O2. The molecule has 128 valence electrons. The van der Waals surface area contributed by atoms with Crippen LogP contribution in [0.3, 0.4) is 0 Å². The fourth-order valence-corrected chi connectivity index (χ4v) is 7.09. The minimum absolute atomic E-state index is 0.00197. The largest absolute Gasteiger partial charge is 0.467 e. The first-order valence-electron chi connectivity index (χ1n) is 9.18. The van der Waals surface area contributed by atoms with E-state index in [1.54, 1.807) is 0 Å². The van der Waals surface area contributed by atoms with Crippen molar-refractivity contribution in [3.05, 3.63) is 54.6 Å². The molecular weight excluding hydrogens is 312 g/mol. The Morgan fingerprint density at radius 3 is 3.00 bits per heavy atom. The monoisotopic (exact) mass is 334 g/mol. The van der Waals surface area contributed by atoms with E-state index in [0.29, 0.717) is 6.04 Å². The standard InChI is InChI=1S/C21H22N2O2/c1-3-19-9-6-11-22-12-10-20(16(19)22)14-7-4-5-8-15(14)23-17(20)21(23,13-19)18(24)25-2/h3-9,16-17H,1,10-13H2,2H3/t16-,17+,19+,20+,21+,23?/m0/s1. The molecule has 1 aromatic rings. The molecule has 25 heavy (non-hydrogen) atoms. The number of benzene rings is 1. The summed E-state index contributed by atoms with van der Waals surface area (Å²) >= 11 is 0. The highest BCUT2D eigenvalue weighted by Crippen LogP contribution is 2.75. The number of carbonyl (C=O) groups excluding carboxylic acids is 1. The molecule has 1 aromatic carbocycles. The van der Waals surface area contributed by atoms with E-state index >= 15 is 0 Å². The van der Waals surface area contributed by atoms with Crippen LogP contribution in [0.15, 0.2) is 49.1 Å². The number of hydrogen-bond acceptors (Lipinski definition) is 4. The third kappa shape index (κ3) is 1.21. The number of nitrogens with zero attached hydrogens (tertiary/aromatic N) is 2. The summed E-state index contributed by atoms with van der Waals surface area (Å²) in [6, 6.07) is 9.32. The number of fused-ring (bicyclic) bond motifs is 3. The van der Waals surface area contributed by atoms with Crippen molar-refractivity contribution < 1.29 is 9.53 Å². The zero-order valence-corrected chi connectivity index (χ0v) is 14.4. The number of methoxy groups -OCH3 is 1. The van der Waals surface area contributed by atoms with Crippen molar-refractivity contribution in [3.8, 4) is 0 Å². The molecule has 5 atom stereocenters. The van der Waals surface area contributed by atoms with Gasteiger partial charge in [0, 0.05) is 29.1 Å². The first kappa shape index (κ1) is 14.1. The number of hydrogen-bond donors (Lipinski definition) is 0. The van der Waals surface area contributed by atoms with Crippen molar-refractivity contribution in [2.75, 3.05) is 25.1 Å². The van der Waals surface area contributed by atoms with Gasteiger partial charge >= 0.3 is 5.97 Å². The van der Waals surface area contributed by atoms with Crippen LogP contribution in [0.1, 0.15) is 18.4 Å². The molecule has 0 aromatic heterocycles. The number of ether oxygens (including phenoxy) is 1. The molecule has 0 amide bonds. The molecule has 6 rings (SSSR count). The van der Waals surface area contributed by atoms with Gasteiger partial charge in [0.25, 0.3) is 0 Å². The second-order valence-corrected chi connectivity index (χ2v) is 8.29. The molecule has 4 heterocycles. The highest BCUT2D eigenvalue weighted by atomic mass is 16.5. The zero-order valence-electron chi connectivity index (χ0n) is 14.4. The summed E-state index contributed by atoms with van der Waals surface area (Å²) in [6.07, 6.45) is 8.57. The third-order valence-corrected chi connectivity index (χ3v) is 7.66. The second kappa shape index (κ2) is 4.01. The fourth-order valence-electron chi connectivity index (χ4n) is 7.09. The van der Waals surface area contributed by atoms with E-state index in [4.69, 9.17) is 4.74 Å². The maximum atomic E-state index is 13.0. The molecule has 1 spiro atoms. The summed E-state index contributed by atoms with van der Waals surface area (Å²) in [7, 11) is 1.52. The Morgan fingerprint density at radius 1 is 1.36 bits per heavy atom. The number of carbonyl (C=O) groups is 1. The average molecular weight is 334 g/mol. The highest BCUT2D eigenvalue weighted by molar-refractivity contribution is 5.99. The van der Waals surface area contributed by atoms with Crippen LogP contribution in [0.4, 0.5) is 5.69 Å². The lowest BCUT2D eigenvalue weighted by atomic mass is 9.52. The van der Waals surface area contributed by atoms with E-state index in [9.17, 15) is 4.79 Å². The Kier molecular flexibility index (Phi) is 2.27. The third-order valence-electron chi connectivity index (χ3n) is 7.66. The molecule has 0 radical (unpaired) electrons. The van der Waals surface area contributed by atoms with Gasteiger partial charge < -0.3 is 9.64 Å². The quantitative estimate of drug-likeness (QED) is 0.472. The van der Waals surface area contributed by atoms with E-state index in [-0.39, 0.29) is 22.8 Å². The second-order valence-electron chi connectivity index (χ2n) is 8.29. The van der Waals surface area contributed by atoms with Crippen molar-refractivity contribution in [2.24, 2.45) is 5.41 Å².